The molecule has 0 aliphatic heterocycles. The van der Waals surface area contributed by atoms with Gasteiger partial charge in [0.2, 0.25) is 0 Å². The maximum absolute atomic E-state index is 6.02. The fourth-order valence-corrected chi connectivity index (χ4v) is 2.27. The first-order valence-corrected chi connectivity index (χ1v) is 6.29. The van der Waals surface area contributed by atoms with E-state index in [1.165, 1.54) is 0 Å². The van der Waals surface area contributed by atoms with Crippen molar-refractivity contribution in [1.82, 2.24) is 14.7 Å². The lowest BCUT2D eigenvalue weighted by Crippen LogP contribution is -2.02. The van der Waals surface area contributed by atoms with Crippen LogP contribution in [-0.2, 0) is 12.4 Å². The Kier molecular flexibility index (Phi) is 2.97. The number of rotatable bonds is 3. The third kappa shape index (κ3) is 1.98. The van der Waals surface area contributed by atoms with Gasteiger partial charge in [0.1, 0.15) is 5.82 Å². The predicted octanol–water partition coefficient (Wildman–Crippen LogP) is 3.46. The number of alkyl halides is 1. The molecule has 6 heteroatoms. The van der Waals surface area contributed by atoms with Crippen molar-refractivity contribution in [3.63, 3.8) is 0 Å². The zero-order chi connectivity index (χ0) is 12.5. The van der Waals surface area contributed by atoms with Crippen LogP contribution < -0.4 is 0 Å². The summed E-state index contributed by atoms with van der Waals surface area (Å²) in [6.45, 7) is 0.541. The molecule has 0 aliphatic rings. The second kappa shape index (κ2) is 4.63. The van der Waals surface area contributed by atoms with Crippen molar-refractivity contribution in [3.8, 4) is 0 Å². The standard InChI is InChI=1S/C12H9Cl2N3O/c13-6-12-16-10-2-1-8(14)5-11(10)17(12)7-9-3-4-15-18-9/h1-5H,6-7H2. The van der Waals surface area contributed by atoms with Crippen LogP contribution in [0.1, 0.15) is 11.6 Å². The third-order valence-corrected chi connectivity index (χ3v) is 3.19. The minimum Gasteiger partial charge on any atom is -0.359 e. The molecule has 0 unspecified atom stereocenters. The molecule has 2 heterocycles. The largest absolute Gasteiger partial charge is 0.359 e. The second-order valence-electron chi connectivity index (χ2n) is 3.86. The highest BCUT2D eigenvalue weighted by Gasteiger charge is 2.12. The first-order chi connectivity index (χ1) is 8.78. The summed E-state index contributed by atoms with van der Waals surface area (Å²) in [5.41, 5.74) is 1.81. The van der Waals surface area contributed by atoms with Gasteiger partial charge in [-0.1, -0.05) is 16.8 Å². The highest BCUT2D eigenvalue weighted by atomic mass is 35.5. The summed E-state index contributed by atoms with van der Waals surface area (Å²) in [5.74, 6) is 1.87. The van der Waals surface area contributed by atoms with E-state index in [1.54, 1.807) is 6.20 Å². The fraction of sp³-hybridized carbons (Fsp3) is 0.167. The molecule has 2 aromatic heterocycles. The van der Waals surface area contributed by atoms with Gasteiger partial charge in [-0.3, -0.25) is 0 Å². The molecule has 0 spiro atoms. The molecule has 3 rings (SSSR count). The Balaban J connectivity index is 2.15. The van der Waals surface area contributed by atoms with Crippen LogP contribution in [0.3, 0.4) is 0 Å². The normalized spacial score (nSPS) is 11.2. The maximum atomic E-state index is 6.02. The lowest BCUT2D eigenvalue weighted by molar-refractivity contribution is 0.376. The van der Waals surface area contributed by atoms with Crippen LogP contribution in [-0.4, -0.2) is 14.7 Å². The Morgan fingerprint density at radius 2 is 2.17 bits per heavy atom. The summed E-state index contributed by atoms with van der Waals surface area (Å²) in [6.07, 6.45) is 1.61. The average molecular weight is 282 g/mol. The smallest absolute Gasteiger partial charge is 0.156 e. The van der Waals surface area contributed by atoms with Crippen LogP contribution >= 0.6 is 23.2 Å². The lowest BCUT2D eigenvalue weighted by Gasteiger charge is -2.04. The SMILES string of the molecule is ClCc1nc2ccc(Cl)cc2n1Cc1ccno1. The van der Waals surface area contributed by atoms with Crippen LogP contribution in [0.15, 0.2) is 35.0 Å². The molecule has 0 saturated carbocycles. The topological polar surface area (TPSA) is 43.9 Å². The summed E-state index contributed by atoms with van der Waals surface area (Å²) in [6, 6.07) is 7.38. The van der Waals surface area contributed by atoms with E-state index in [1.807, 2.05) is 28.8 Å². The van der Waals surface area contributed by atoms with Gasteiger partial charge in [0, 0.05) is 11.1 Å². The zero-order valence-electron chi connectivity index (χ0n) is 9.31. The van der Waals surface area contributed by atoms with E-state index in [9.17, 15) is 0 Å². The van der Waals surface area contributed by atoms with Gasteiger partial charge in [-0.2, -0.15) is 0 Å². The molecule has 0 saturated heterocycles. The van der Waals surface area contributed by atoms with Gasteiger partial charge >= 0.3 is 0 Å². The number of nitrogens with zero attached hydrogens (tertiary/aromatic N) is 3. The Labute approximate surface area is 113 Å². The van der Waals surface area contributed by atoms with E-state index in [0.717, 1.165) is 22.6 Å². The Morgan fingerprint density at radius 3 is 2.89 bits per heavy atom. The lowest BCUT2D eigenvalue weighted by atomic mass is 10.3. The van der Waals surface area contributed by atoms with Crippen molar-refractivity contribution in [1.29, 1.82) is 0 Å². The van der Waals surface area contributed by atoms with Crippen molar-refractivity contribution in [2.45, 2.75) is 12.4 Å². The Bertz CT molecular complexity index is 676. The highest BCUT2D eigenvalue weighted by Crippen LogP contribution is 2.22. The molecule has 0 amide bonds. The minimum atomic E-state index is 0.334. The molecule has 0 radical (unpaired) electrons. The first-order valence-electron chi connectivity index (χ1n) is 5.38. The zero-order valence-corrected chi connectivity index (χ0v) is 10.8. The molecular weight excluding hydrogens is 273 g/mol. The van der Waals surface area contributed by atoms with Crippen LogP contribution in [0.2, 0.25) is 5.02 Å². The Morgan fingerprint density at radius 1 is 1.28 bits per heavy atom. The summed E-state index contributed by atoms with van der Waals surface area (Å²) in [4.78, 5) is 4.46. The van der Waals surface area contributed by atoms with E-state index in [-0.39, 0.29) is 0 Å². The molecule has 92 valence electrons. The van der Waals surface area contributed by atoms with Gasteiger partial charge in [-0.25, -0.2) is 4.98 Å². The number of hydrogen-bond acceptors (Lipinski definition) is 3. The molecule has 18 heavy (non-hydrogen) atoms. The summed E-state index contributed by atoms with van der Waals surface area (Å²) in [7, 11) is 0. The predicted molar refractivity (Wildman–Crippen MR) is 69.9 cm³/mol. The maximum Gasteiger partial charge on any atom is 0.156 e. The number of aromatic nitrogens is 3. The average Bonchev–Trinajstić information content (AvgIpc) is 2.98. The van der Waals surface area contributed by atoms with Gasteiger partial charge in [-0.15, -0.1) is 11.6 Å². The van der Waals surface area contributed by atoms with E-state index in [0.29, 0.717) is 17.4 Å². The molecular formula is C12H9Cl2N3O. The third-order valence-electron chi connectivity index (χ3n) is 2.71. The summed E-state index contributed by atoms with van der Waals surface area (Å²) >= 11 is 11.9. The second-order valence-corrected chi connectivity index (χ2v) is 4.56. The van der Waals surface area contributed by atoms with Crippen LogP contribution in [0.25, 0.3) is 11.0 Å². The number of halogens is 2. The van der Waals surface area contributed by atoms with Crippen molar-refractivity contribution < 1.29 is 4.52 Å². The van der Waals surface area contributed by atoms with Crippen molar-refractivity contribution in [3.05, 3.63) is 47.1 Å². The van der Waals surface area contributed by atoms with Gasteiger partial charge < -0.3 is 9.09 Å². The quantitative estimate of drug-likeness (QED) is 0.691. The van der Waals surface area contributed by atoms with E-state index in [2.05, 4.69) is 10.1 Å². The van der Waals surface area contributed by atoms with Gasteiger partial charge in [0.15, 0.2) is 5.76 Å². The molecule has 0 aliphatic carbocycles. The van der Waals surface area contributed by atoms with Crippen molar-refractivity contribution in [2.75, 3.05) is 0 Å². The molecule has 4 nitrogen and oxygen atoms in total. The molecule has 3 aromatic rings. The van der Waals surface area contributed by atoms with E-state index >= 15 is 0 Å². The van der Waals surface area contributed by atoms with Crippen LogP contribution in [0.5, 0.6) is 0 Å². The summed E-state index contributed by atoms with van der Waals surface area (Å²) in [5, 5.41) is 4.36. The van der Waals surface area contributed by atoms with Gasteiger partial charge in [-0.05, 0) is 18.2 Å². The fourth-order valence-electron chi connectivity index (χ4n) is 1.90. The molecule has 1 aromatic carbocycles. The monoisotopic (exact) mass is 281 g/mol. The van der Waals surface area contributed by atoms with Crippen LogP contribution in [0, 0.1) is 0 Å². The number of fused-ring (bicyclic) bond motifs is 1. The van der Waals surface area contributed by atoms with Crippen LogP contribution in [0.4, 0.5) is 0 Å². The first kappa shape index (κ1) is 11.6. The van der Waals surface area contributed by atoms with Crippen molar-refractivity contribution >= 4 is 34.2 Å². The van der Waals surface area contributed by atoms with Gasteiger partial charge in [0.25, 0.3) is 0 Å². The van der Waals surface area contributed by atoms with Gasteiger partial charge in [0.05, 0.1) is 29.7 Å². The van der Waals surface area contributed by atoms with E-state index in [4.69, 9.17) is 27.7 Å². The molecule has 0 bridgehead atoms. The Hall–Kier alpha value is -1.52. The summed E-state index contributed by atoms with van der Waals surface area (Å²) < 4.78 is 7.09. The molecule has 0 atom stereocenters. The van der Waals surface area contributed by atoms with Crippen molar-refractivity contribution in [2.24, 2.45) is 0 Å². The number of benzene rings is 1. The number of imidazole rings is 1. The minimum absolute atomic E-state index is 0.334. The molecule has 0 fully saturated rings. The molecule has 0 N–H and O–H groups in total. The van der Waals surface area contributed by atoms with E-state index < -0.39 is 0 Å². The number of hydrogen-bond donors (Lipinski definition) is 0. The highest BCUT2D eigenvalue weighted by molar-refractivity contribution is 6.31.